The van der Waals surface area contributed by atoms with E-state index in [9.17, 15) is 5.11 Å². The van der Waals surface area contributed by atoms with Crippen molar-refractivity contribution in [3.05, 3.63) is 28.6 Å². The fourth-order valence-electron chi connectivity index (χ4n) is 1.44. The number of hydrogen-bond donors (Lipinski definition) is 1. The number of benzene rings is 1. The first-order valence-corrected chi connectivity index (χ1v) is 3.86. The molecule has 1 aliphatic rings. The first-order valence-electron chi connectivity index (χ1n) is 3.86. The van der Waals surface area contributed by atoms with E-state index in [1.807, 2.05) is 12.1 Å². The lowest BCUT2D eigenvalue weighted by Crippen LogP contribution is -2.26. The van der Waals surface area contributed by atoms with Crippen LogP contribution < -0.4 is 10.4 Å². The molecule has 0 heterocycles. The smallest absolute Gasteiger partial charge is 0.123 e. The fourth-order valence-corrected chi connectivity index (χ4v) is 1.44. The molecule has 0 radical (unpaired) electrons. The molecule has 12 heavy (non-hydrogen) atoms. The number of hydrogen-bond acceptors (Lipinski definition) is 1. The standard InChI is InChI=1S/C10H10O.HI/c11-10-7-3-5-8-4-1-2-6-9(8)10;/h3-7,11H,1-2H2;1H. The largest absolute Gasteiger partial charge is 0.507 e. The van der Waals surface area contributed by atoms with Crippen LogP contribution in [0.3, 0.4) is 0 Å². The minimum absolute atomic E-state index is 0. The third-order valence-corrected chi connectivity index (χ3v) is 2.00. The van der Waals surface area contributed by atoms with Crippen molar-refractivity contribution in [2.75, 3.05) is 0 Å². The molecule has 0 saturated heterocycles. The fraction of sp³-hybridized carbons (Fsp3) is 0.200. The topological polar surface area (TPSA) is 20.2 Å². The molecule has 0 aliphatic heterocycles. The lowest BCUT2D eigenvalue weighted by Gasteiger charge is -2.00. The number of rotatable bonds is 0. The zero-order valence-corrected chi connectivity index (χ0v) is 8.99. The predicted molar refractivity (Wildman–Crippen MR) is 60.9 cm³/mol. The summed E-state index contributed by atoms with van der Waals surface area (Å²) in [6, 6.07) is 5.64. The molecule has 1 aromatic rings. The Hall–Kier alpha value is -0.510. The Morgan fingerprint density at radius 1 is 1.08 bits per heavy atom. The maximum absolute atomic E-state index is 9.41. The van der Waals surface area contributed by atoms with Crippen molar-refractivity contribution in [1.82, 2.24) is 0 Å². The quantitative estimate of drug-likeness (QED) is 0.708. The second kappa shape index (κ2) is 3.94. The van der Waals surface area contributed by atoms with Gasteiger partial charge < -0.3 is 5.11 Å². The molecule has 1 aromatic carbocycles. The Balaban J connectivity index is 0.000000720. The van der Waals surface area contributed by atoms with E-state index in [2.05, 4.69) is 12.2 Å². The maximum Gasteiger partial charge on any atom is 0.123 e. The second-order valence-corrected chi connectivity index (χ2v) is 2.77. The number of phenolic OH excluding ortho intramolecular Hbond substituents is 1. The van der Waals surface area contributed by atoms with Crippen LogP contribution in [0.2, 0.25) is 0 Å². The molecular formula is C10H11IO. The predicted octanol–water partition coefficient (Wildman–Crippen LogP) is 1.36. The van der Waals surface area contributed by atoms with E-state index in [1.165, 1.54) is 0 Å². The molecule has 64 valence electrons. The van der Waals surface area contributed by atoms with Gasteiger partial charge >= 0.3 is 0 Å². The Labute approximate surface area is 88.4 Å². The molecule has 0 aromatic heterocycles. The summed E-state index contributed by atoms with van der Waals surface area (Å²) in [5.41, 5.74) is 0. The van der Waals surface area contributed by atoms with Crippen molar-refractivity contribution in [1.29, 1.82) is 0 Å². The second-order valence-electron chi connectivity index (χ2n) is 2.77. The van der Waals surface area contributed by atoms with Gasteiger partial charge in [0, 0.05) is 5.22 Å². The van der Waals surface area contributed by atoms with Gasteiger partial charge in [0.2, 0.25) is 0 Å². The van der Waals surface area contributed by atoms with E-state index < -0.39 is 0 Å². The average Bonchev–Trinajstić information content (AvgIpc) is 2.06. The number of phenols is 1. The van der Waals surface area contributed by atoms with Gasteiger partial charge in [-0.05, 0) is 24.1 Å². The molecule has 2 heteroatoms. The molecule has 0 unspecified atom stereocenters. The van der Waals surface area contributed by atoms with Gasteiger partial charge in [0.05, 0.1) is 0 Å². The highest BCUT2D eigenvalue weighted by Crippen LogP contribution is 2.00. The van der Waals surface area contributed by atoms with Crippen molar-refractivity contribution in [2.24, 2.45) is 0 Å². The van der Waals surface area contributed by atoms with Gasteiger partial charge in [0.25, 0.3) is 0 Å². The first-order chi connectivity index (χ1) is 5.38. The van der Waals surface area contributed by atoms with E-state index in [-0.39, 0.29) is 24.0 Å². The monoisotopic (exact) mass is 274 g/mol. The summed E-state index contributed by atoms with van der Waals surface area (Å²) in [6.45, 7) is 0. The van der Waals surface area contributed by atoms with E-state index in [4.69, 9.17) is 0 Å². The molecule has 1 N–H and O–H groups in total. The lowest BCUT2D eigenvalue weighted by molar-refractivity contribution is 0.470. The van der Waals surface area contributed by atoms with Gasteiger partial charge in [-0.3, -0.25) is 0 Å². The van der Waals surface area contributed by atoms with Crippen LogP contribution in [0.4, 0.5) is 0 Å². The Kier molecular flexibility index (Phi) is 3.14. The molecule has 0 saturated carbocycles. The first kappa shape index (κ1) is 9.58. The van der Waals surface area contributed by atoms with Crippen molar-refractivity contribution in [2.45, 2.75) is 12.8 Å². The third kappa shape index (κ3) is 1.63. The van der Waals surface area contributed by atoms with Gasteiger partial charge in [-0.1, -0.05) is 24.3 Å². The van der Waals surface area contributed by atoms with E-state index >= 15 is 0 Å². The van der Waals surface area contributed by atoms with Crippen LogP contribution in [0.15, 0.2) is 18.2 Å². The average molecular weight is 274 g/mol. The third-order valence-electron chi connectivity index (χ3n) is 2.00. The summed E-state index contributed by atoms with van der Waals surface area (Å²) in [5.74, 6) is 0.401. The van der Waals surface area contributed by atoms with Gasteiger partial charge in [-0.25, -0.2) is 0 Å². The Bertz CT molecular complexity index is 381. The van der Waals surface area contributed by atoms with Crippen molar-refractivity contribution >= 4 is 36.1 Å². The number of halogens is 1. The lowest BCUT2D eigenvalue weighted by atomic mass is 10.1. The molecule has 0 fully saturated rings. The summed E-state index contributed by atoms with van der Waals surface area (Å²) < 4.78 is 0. The van der Waals surface area contributed by atoms with Gasteiger partial charge in [0.15, 0.2) is 0 Å². The normalized spacial score (nSPS) is 13.3. The van der Waals surface area contributed by atoms with Gasteiger partial charge in [0.1, 0.15) is 5.75 Å². The zero-order valence-electron chi connectivity index (χ0n) is 6.66. The van der Waals surface area contributed by atoms with Crippen molar-refractivity contribution < 1.29 is 5.11 Å². The van der Waals surface area contributed by atoms with Crippen LogP contribution in [0.5, 0.6) is 5.75 Å². The summed E-state index contributed by atoms with van der Waals surface area (Å²) in [4.78, 5) is 0. The molecule has 2 rings (SSSR count). The van der Waals surface area contributed by atoms with Crippen LogP contribution in [-0.4, -0.2) is 5.11 Å². The van der Waals surface area contributed by atoms with Crippen molar-refractivity contribution in [3.63, 3.8) is 0 Å². The maximum atomic E-state index is 9.41. The highest BCUT2D eigenvalue weighted by molar-refractivity contribution is 14.0. The van der Waals surface area contributed by atoms with Gasteiger partial charge in [-0.2, -0.15) is 0 Å². The van der Waals surface area contributed by atoms with E-state index in [0.29, 0.717) is 5.75 Å². The van der Waals surface area contributed by atoms with Crippen molar-refractivity contribution in [3.8, 4) is 5.75 Å². The molecule has 0 amide bonds. The highest BCUT2D eigenvalue weighted by Gasteiger charge is 1.95. The Morgan fingerprint density at radius 2 is 1.83 bits per heavy atom. The van der Waals surface area contributed by atoms with Gasteiger partial charge in [-0.15, -0.1) is 24.0 Å². The van der Waals surface area contributed by atoms with Crippen LogP contribution >= 0.6 is 24.0 Å². The minimum atomic E-state index is 0. The SMILES string of the molecule is I.Oc1cccc2c1=CCCC=2. The molecule has 1 aliphatic carbocycles. The number of aromatic hydroxyl groups is 1. The summed E-state index contributed by atoms with van der Waals surface area (Å²) in [7, 11) is 0. The van der Waals surface area contributed by atoms with Crippen LogP contribution in [0.1, 0.15) is 12.8 Å². The summed E-state index contributed by atoms with van der Waals surface area (Å²) in [5, 5.41) is 11.6. The summed E-state index contributed by atoms with van der Waals surface area (Å²) >= 11 is 0. The Morgan fingerprint density at radius 3 is 2.58 bits per heavy atom. The van der Waals surface area contributed by atoms with Crippen LogP contribution in [0.25, 0.3) is 12.2 Å². The van der Waals surface area contributed by atoms with E-state index in [1.54, 1.807) is 6.07 Å². The molecule has 0 atom stereocenters. The molecule has 0 spiro atoms. The highest BCUT2D eigenvalue weighted by atomic mass is 127. The molecular weight excluding hydrogens is 263 g/mol. The molecule has 0 bridgehead atoms. The molecule has 1 nitrogen and oxygen atoms in total. The van der Waals surface area contributed by atoms with Crippen LogP contribution in [0, 0.1) is 0 Å². The van der Waals surface area contributed by atoms with Crippen LogP contribution in [-0.2, 0) is 0 Å². The minimum Gasteiger partial charge on any atom is -0.507 e. The number of fused-ring (bicyclic) bond motifs is 1. The zero-order chi connectivity index (χ0) is 7.68. The summed E-state index contributed by atoms with van der Waals surface area (Å²) in [6.07, 6.45) is 6.39. The van der Waals surface area contributed by atoms with E-state index in [0.717, 1.165) is 23.3 Å².